The van der Waals surface area contributed by atoms with Crippen LogP contribution in [0.3, 0.4) is 0 Å². The lowest BCUT2D eigenvalue weighted by atomic mass is 10.2. The Morgan fingerprint density at radius 1 is 1.07 bits per heavy atom. The number of methoxy groups -OCH3 is 1. The number of nitrogens with one attached hydrogen (secondary N) is 3. The standard InChI is InChI=1S/C23H27N3O4/c1-4-26(15-23(28)25-18-9-7-10-19(13-18)29-3)14-22(27)24-16(2)21-12-17-8-5-6-11-20(17)30-21/h5-13,16H,4,14-15H2,1-3H3,(H,24,27)(H,25,28)/p+1/t16-/m1/s1. The molecule has 0 spiro atoms. The molecule has 1 heterocycles. The maximum absolute atomic E-state index is 12.5. The molecule has 2 atom stereocenters. The Balaban J connectivity index is 1.52. The van der Waals surface area contributed by atoms with Gasteiger partial charge in [0.1, 0.15) is 17.1 Å². The van der Waals surface area contributed by atoms with Crippen LogP contribution in [0.25, 0.3) is 11.0 Å². The van der Waals surface area contributed by atoms with Crippen LogP contribution < -0.4 is 20.3 Å². The molecule has 0 bridgehead atoms. The Kier molecular flexibility index (Phi) is 7.08. The maximum Gasteiger partial charge on any atom is 0.279 e. The summed E-state index contributed by atoms with van der Waals surface area (Å²) in [6.07, 6.45) is 0. The lowest BCUT2D eigenvalue weighted by Gasteiger charge is -2.18. The Labute approximate surface area is 176 Å². The third-order valence-corrected chi connectivity index (χ3v) is 4.92. The van der Waals surface area contributed by atoms with Gasteiger partial charge in [-0.05, 0) is 38.1 Å². The lowest BCUT2D eigenvalue weighted by molar-refractivity contribution is -0.881. The first-order chi connectivity index (χ1) is 14.5. The molecule has 3 aromatic rings. The van der Waals surface area contributed by atoms with Crippen molar-refractivity contribution in [2.75, 3.05) is 32.1 Å². The van der Waals surface area contributed by atoms with E-state index in [4.69, 9.17) is 9.15 Å². The minimum absolute atomic E-state index is 0.131. The van der Waals surface area contributed by atoms with E-state index in [1.54, 1.807) is 19.2 Å². The number of carbonyl (C=O) groups is 2. The van der Waals surface area contributed by atoms with Gasteiger partial charge in [0.25, 0.3) is 11.8 Å². The third kappa shape index (κ3) is 5.61. The van der Waals surface area contributed by atoms with Gasteiger partial charge in [0.15, 0.2) is 13.1 Å². The fourth-order valence-electron chi connectivity index (χ4n) is 3.25. The zero-order valence-electron chi connectivity index (χ0n) is 17.5. The molecule has 0 aliphatic heterocycles. The van der Waals surface area contributed by atoms with E-state index in [2.05, 4.69) is 10.6 Å². The summed E-state index contributed by atoms with van der Waals surface area (Å²) in [6.45, 7) is 4.88. The molecule has 0 fully saturated rings. The smallest absolute Gasteiger partial charge is 0.279 e. The number of furan rings is 1. The number of amides is 2. The summed E-state index contributed by atoms with van der Waals surface area (Å²) >= 11 is 0. The SMILES string of the molecule is CC[NH+](CC(=O)Nc1cccc(OC)c1)CC(=O)N[C@H](C)c1cc2ccccc2o1. The molecule has 1 aromatic heterocycles. The monoisotopic (exact) mass is 410 g/mol. The van der Waals surface area contributed by atoms with Gasteiger partial charge in [-0.2, -0.15) is 0 Å². The number of benzene rings is 2. The zero-order chi connectivity index (χ0) is 21.5. The molecule has 2 amide bonds. The molecule has 158 valence electrons. The zero-order valence-corrected chi connectivity index (χ0v) is 17.5. The summed E-state index contributed by atoms with van der Waals surface area (Å²) in [5.74, 6) is 1.09. The van der Waals surface area contributed by atoms with E-state index in [1.165, 1.54) is 0 Å². The summed E-state index contributed by atoms with van der Waals surface area (Å²) in [5.41, 5.74) is 1.46. The number of ether oxygens (including phenoxy) is 1. The molecule has 0 radical (unpaired) electrons. The van der Waals surface area contributed by atoms with E-state index in [0.717, 1.165) is 15.9 Å². The number of fused-ring (bicyclic) bond motifs is 1. The lowest BCUT2D eigenvalue weighted by Crippen LogP contribution is -3.14. The number of hydrogen-bond donors (Lipinski definition) is 3. The molecule has 2 aromatic carbocycles. The number of carbonyl (C=O) groups excluding carboxylic acids is 2. The van der Waals surface area contributed by atoms with Crippen molar-refractivity contribution in [1.29, 1.82) is 0 Å². The van der Waals surface area contributed by atoms with Gasteiger partial charge in [-0.1, -0.05) is 24.3 Å². The molecular formula is C23H28N3O4+. The van der Waals surface area contributed by atoms with E-state index < -0.39 is 0 Å². The number of para-hydroxylation sites is 1. The predicted molar refractivity (Wildman–Crippen MR) is 116 cm³/mol. The summed E-state index contributed by atoms with van der Waals surface area (Å²) < 4.78 is 11.0. The van der Waals surface area contributed by atoms with Crippen LogP contribution in [0.15, 0.2) is 59.0 Å². The fourth-order valence-corrected chi connectivity index (χ4v) is 3.25. The first kappa shape index (κ1) is 21.4. The molecule has 3 N–H and O–H groups in total. The van der Waals surface area contributed by atoms with Crippen LogP contribution in [0.5, 0.6) is 5.75 Å². The molecule has 0 saturated carbocycles. The van der Waals surface area contributed by atoms with Gasteiger partial charge in [-0.15, -0.1) is 0 Å². The second kappa shape index (κ2) is 9.93. The second-order valence-electron chi connectivity index (χ2n) is 7.21. The largest absolute Gasteiger partial charge is 0.497 e. The van der Waals surface area contributed by atoms with Crippen LogP contribution in [0.2, 0.25) is 0 Å². The molecule has 3 rings (SSSR count). The Morgan fingerprint density at radius 3 is 2.57 bits per heavy atom. The van der Waals surface area contributed by atoms with Gasteiger partial charge in [-0.25, -0.2) is 0 Å². The highest BCUT2D eigenvalue weighted by Gasteiger charge is 2.20. The normalized spacial score (nSPS) is 12.9. The van der Waals surface area contributed by atoms with Gasteiger partial charge in [-0.3, -0.25) is 9.59 Å². The Hall–Kier alpha value is -3.32. The van der Waals surface area contributed by atoms with Crippen LogP contribution in [0.4, 0.5) is 5.69 Å². The summed E-state index contributed by atoms with van der Waals surface area (Å²) in [5, 5.41) is 6.81. The summed E-state index contributed by atoms with van der Waals surface area (Å²) in [6, 6.07) is 16.6. The Bertz CT molecular complexity index is 981. The Morgan fingerprint density at radius 2 is 1.83 bits per heavy atom. The highest BCUT2D eigenvalue weighted by molar-refractivity contribution is 5.91. The van der Waals surface area contributed by atoms with Crippen LogP contribution in [0, 0.1) is 0 Å². The van der Waals surface area contributed by atoms with Crippen LogP contribution >= 0.6 is 0 Å². The van der Waals surface area contributed by atoms with Crippen LogP contribution in [-0.2, 0) is 9.59 Å². The van der Waals surface area contributed by atoms with E-state index in [9.17, 15) is 9.59 Å². The number of anilines is 1. The van der Waals surface area contributed by atoms with E-state index >= 15 is 0 Å². The topological polar surface area (TPSA) is 85.0 Å². The van der Waals surface area contributed by atoms with Crippen LogP contribution in [0.1, 0.15) is 25.6 Å². The van der Waals surface area contributed by atoms with Crippen molar-refractivity contribution in [2.45, 2.75) is 19.9 Å². The van der Waals surface area contributed by atoms with Crippen molar-refractivity contribution in [1.82, 2.24) is 5.32 Å². The fraction of sp³-hybridized carbons (Fsp3) is 0.304. The van der Waals surface area contributed by atoms with Gasteiger partial charge in [0, 0.05) is 17.1 Å². The van der Waals surface area contributed by atoms with Gasteiger partial charge >= 0.3 is 0 Å². The second-order valence-corrected chi connectivity index (χ2v) is 7.21. The van der Waals surface area contributed by atoms with Gasteiger partial charge in [0.05, 0.1) is 19.7 Å². The number of rotatable bonds is 9. The van der Waals surface area contributed by atoms with Crippen molar-refractivity contribution >= 4 is 28.5 Å². The minimum atomic E-state index is -0.256. The molecule has 0 saturated heterocycles. The van der Waals surface area contributed by atoms with Crippen molar-refractivity contribution < 1.29 is 23.6 Å². The van der Waals surface area contributed by atoms with Gasteiger partial charge in [0.2, 0.25) is 0 Å². The third-order valence-electron chi connectivity index (χ3n) is 4.92. The van der Waals surface area contributed by atoms with Gasteiger partial charge < -0.3 is 24.7 Å². The van der Waals surface area contributed by atoms with Crippen molar-refractivity contribution in [3.05, 3.63) is 60.4 Å². The van der Waals surface area contributed by atoms with Crippen molar-refractivity contribution in [3.8, 4) is 5.75 Å². The molecule has 0 aliphatic carbocycles. The molecule has 1 unspecified atom stereocenters. The molecular weight excluding hydrogens is 382 g/mol. The van der Waals surface area contributed by atoms with E-state index in [-0.39, 0.29) is 30.9 Å². The average Bonchev–Trinajstić information content (AvgIpc) is 3.17. The summed E-state index contributed by atoms with van der Waals surface area (Å²) in [7, 11) is 1.58. The first-order valence-electron chi connectivity index (χ1n) is 10.0. The van der Waals surface area contributed by atoms with Crippen molar-refractivity contribution in [3.63, 3.8) is 0 Å². The number of hydrogen-bond acceptors (Lipinski definition) is 4. The highest BCUT2D eigenvalue weighted by Crippen LogP contribution is 2.23. The average molecular weight is 410 g/mol. The highest BCUT2D eigenvalue weighted by atomic mass is 16.5. The van der Waals surface area contributed by atoms with E-state index in [1.807, 2.05) is 56.3 Å². The maximum atomic E-state index is 12.5. The predicted octanol–water partition coefficient (Wildman–Crippen LogP) is 2.16. The van der Waals surface area contributed by atoms with E-state index in [0.29, 0.717) is 23.7 Å². The first-order valence-corrected chi connectivity index (χ1v) is 10.0. The number of quaternary nitrogens is 1. The number of likely N-dealkylation sites (N-methyl/N-ethyl adjacent to an activating group) is 1. The van der Waals surface area contributed by atoms with Crippen LogP contribution in [-0.4, -0.2) is 38.6 Å². The molecule has 30 heavy (non-hydrogen) atoms. The molecule has 7 heteroatoms. The molecule has 7 nitrogen and oxygen atoms in total. The quantitative estimate of drug-likeness (QED) is 0.505. The summed E-state index contributed by atoms with van der Waals surface area (Å²) in [4.78, 5) is 25.8. The minimum Gasteiger partial charge on any atom is -0.497 e. The van der Waals surface area contributed by atoms with Crippen molar-refractivity contribution in [2.24, 2.45) is 0 Å². The molecule has 0 aliphatic rings.